The van der Waals surface area contributed by atoms with Gasteiger partial charge < -0.3 is 14.5 Å². The molecule has 4 rings (SSSR count). The molecule has 0 saturated heterocycles. The van der Waals surface area contributed by atoms with Crippen LogP contribution in [0.1, 0.15) is 43.3 Å². The maximum atomic E-state index is 13.1. The number of anilines is 2. The summed E-state index contributed by atoms with van der Waals surface area (Å²) in [5, 5.41) is 0. The zero-order chi connectivity index (χ0) is 27.3. The summed E-state index contributed by atoms with van der Waals surface area (Å²) in [5.74, 6) is 0.276. The Morgan fingerprint density at radius 2 is 1.85 bits per heavy atom. The third-order valence-electron chi connectivity index (χ3n) is 7.07. The van der Waals surface area contributed by atoms with Crippen molar-refractivity contribution in [1.82, 2.24) is 14.9 Å². The van der Waals surface area contributed by atoms with Crippen molar-refractivity contribution in [2.75, 3.05) is 43.1 Å². The number of amides is 2. The highest BCUT2D eigenvalue weighted by Gasteiger charge is 2.45. The summed E-state index contributed by atoms with van der Waals surface area (Å²) in [7, 11) is 1.72. The molecule has 1 aliphatic heterocycles. The molecule has 1 aliphatic rings. The fraction of sp³-hybridized carbons (Fsp3) is 0.448. The molecule has 40 heavy (non-hydrogen) atoms. The van der Waals surface area contributed by atoms with E-state index in [-0.39, 0.29) is 36.6 Å². The van der Waals surface area contributed by atoms with Gasteiger partial charge in [0.2, 0.25) is 11.8 Å². The predicted octanol–water partition coefficient (Wildman–Crippen LogP) is 5.56. The number of rotatable bonds is 11. The highest BCUT2D eigenvalue weighted by atomic mass is 35.5. The molecule has 2 aromatic heterocycles. The van der Waals surface area contributed by atoms with Gasteiger partial charge in [0, 0.05) is 56.6 Å². The molecule has 0 aliphatic carbocycles. The van der Waals surface area contributed by atoms with E-state index >= 15 is 0 Å². The van der Waals surface area contributed by atoms with Crippen molar-refractivity contribution in [3.63, 3.8) is 0 Å². The fourth-order valence-electron chi connectivity index (χ4n) is 4.73. The van der Waals surface area contributed by atoms with E-state index in [4.69, 9.17) is 4.74 Å². The van der Waals surface area contributed by atoms with E-state index in [0.717, 1.165) is 43.9 Å². The summed E-state index contributed by atoms with van der Waals surface area (Å²) < 4.78 is 6.13. The van der Waals surface area contributed by atoms with Crippen molar-refractivity contribution in [3.05, 3.63) is 64.4 Å². The summed E-state index contributed by atoms with van der Waals surface area (Å²) in [4.78, 5) is 41.8. The Bertz CT molecular complexity index is 1270. The average Bonchev–Trinajstić information content (AvgIpc) is 3.31. The lowest BCUT2D eigenvalue weighted by molar-refractivity contribution is -0.137. The molecular formula is C29H39Cl2N5O3S. The fourth-order valence-corrected chi connectivity index (χ4v) is 5.55. The van der Waals surface area contributed by atoms with E-state index in [0.29, 0.717) is 24.6 Å². The molecule has 1 aromatic carbocycles. The molecule has 0 atom stereocenters. The molecule has 0 radical (unpaired) electrons. The van der Waals surface area contributed by atoms with Crippen LogP contribution in [0.15, 0.2) is 48.2 Å². The maximum absolute atomic E-state index is 13.1. The van der Waals surface area contributed by atoms with Gasteiger partial charge in [-0.05, 0) is 64.3 Å². The number of aryl methyl sites for hydroxylation is 1. The lowest BCUT2D eigenvalue weighted by Gasteiger charge is -2.27. The van der Waals surface area contributed by atoms with Crippen LogP contribution in [0.5, 0.6) is 5.75 Å². The number of thiazole rings is 1. The topological polar surface area (TPSA) is 78.9 Å². The Hall–Kier alpha value is -2.72. The van der Waals surface area contributed by atoms with E-state index in [1.807, 2.05) is 42.9 Å². The summed E-state index contributed by atoms with van der Waals surface area (Å²) in [6, 6.07) is 9.71. The average molecular weight is 609 g/mol. The van der Waals surface area contributed by atoms with Crippen molar-refractivity contribution in [3.8, 4) is 5.75 Å². The first-order valence-corrected chi connectivity index (χ1v) is 14.0. The number of fused-ring (bicyclic) bond motifs is 1. The van der Waals surface area contributed by atoms with Gasteiger partial charge in [0.15, 0.2) is 0 Å². The molecule has 3 aromatic rings. The molecule has 0 bridgehead atoms. The Kier molecular flexibility index (Phi) is 12.4. The summed E-state index contributed by atoms with van der Waals surface area (Å²) in [6.07, 6.45) is 5.51. The molecule has 218 valence electrons. The van der Waals surface area contributed by atoms with E-state index in [2.05, 4.69) is 27.9 Å². The SMILES string of the molecule is CCN1C(=O)C(C)(C)C(=O)N(C)c2cc(OCCCN(CCc3cccnc3)Cc3scnc3C)ccc21.Cl.Cl. The van der Waals surface area contributed by atoms with Crippen LogP contribution in [-0.4, -0.2) is 60.0 Å². The van der Waals surface area contributed by atoms with Gasteiger partial charge in [0.25, 0.3) is 0 Å². The maximum Gasteiger partial charge on any atom is 0.242 e. The molecule has 3 heterocycles. The zero-order valence-electron chi connectivity index (χ0n) is 23.8. The first-order valence-electron chi connectivity index (χ1n) is 13.1. The van der Waals surface area contributed by atoms with Crippen LogP contribution >= 0.6 is 36.2 Å². The number of carbonyl (C=O) groups excluding carboxylic acids is 2. The molecule has 2 amide bonds. The number of aromatic nitrogens is 2. The summed E-state index contributed by atoms with van der Waals surface area (Å²) in [6.45, 7) is 11.1. The van der Waals surface area contributed by atoms with Crippen LogP contribution in [0.2, 0.25) is 0 Å². The van der Waals surface area contributed by atoms with Crippen LogP contribution < -0.4 is 14.5 Å². The molecule has 0 fully saturated rings. The van der Waals surface area contributed by atoms with Gasteiger partial charge in [-0.3, -0.25) is 19.5 Å². The minimum absolute atomic E-state index is 0. The number of halogens is 2. The molecular weight excluding hydrogens is 569 g/mol. The minimum atomic E-state index is -1.12. The standard InChI is InChI=1S/C29H37N5O3S.2ClH/c1-6-34-24-11-10-23(17-25(24)32(5)27(35)29(3,4)28(34)36)37-16-8-14-33(19-26-21(2)31-20-38-26)15-12-22-9-7-13-30-18-22;;/h7,9-11,13,17-18,20H,6,8,12,14-16,19H2,1-5H3;2*1H. The largest absolute Gasteiger partial charge is 0.493 e. The van der Waals surface area contributed by atoms with Crippen molar-refractivity contribution in [2.24, 2.45) is 5.41 Å². The van der Waals surface area contributed by atoms with Crippen LogP contribution in [0.3, 0.4) is 0 Å². The van der Waals surface area contributed by atoms with Gasteiger partial charge in [-0.2, -0.15) is 0 Å². The van der Waals surface area contributed by atoms with E-state index in [1.54, 1.807) is 48.2 Å². The lowest BCUT2D eigenvalue weighted by Crippen LogP contribution is -2.47. The predicted molar refractivity (Wildman–Crippen MR) is 166 cm³/mol. The number of ether oxygens (including phenoxy) is 1. The molecule has 0 N–H and O–H groups in total. The number of nitrogens with zero attached hydrogens (tertiary/aromatic N) is 5. The van der Waals surface area contributed by atoms with Crippen LogP contribution in [0.4, 0.5) is 11.4 Å². The van der Waals surface area contributed by atoms with Crippen LogP contribution in [-0.2, 0) is 22.6 Å². The zero-order valence-corrected chi connectivity index (χ0v) is 26.2. The number of benzene rings is 1. The number of hydrogen-bond donors (Lipinski definition) is 0. The van der Waals surface area contributed by atoms with E-state index in [1.165, 1.54) is 10.4 Å². The van der Waals surface area contributed by atoms with Crippen LogP contribution in [0, 0.1) is 12.3 Å². The summed E-state index contributed by atoms with van der Waals surface area (Å²) >= 11 is 1.70. The molecule has 0 saturated carbocycles. The van der Waals surface area contributed by atoms with E-state index < -0.39 is 5.41 Å². The first kappa shape index (κ1) is 33.5. The van der Waals surface area contributed by atoms with Crippen molar-refractivity contribution in [1.29, 1.82) is 0 Å². The monoisotopic (exact) mass is 607 g/mol. The summed E-state index contributed by atoms with van der Waals surface area (Å²) in [5.41, 5.74) is 4.51. The van der Waals surface area contributed by atoms with Gasteiger partial charge in [0.05, 0.1) is 29.2 Å². The number of pyridine rings is 1. The van der Waals surface area contributed by atoms with E-state index in [9.17, 15) is 9.59 Å². The molecule has 0 spiro atoms. The quantitative estimate of drug-likeness (QED) is 0.210. The highest BCUT2D eigenvalue weighted by molar-refractivity contribution is 7.09. The van der Waals surface area contributed by atoms with Gasteiger partial charge >= 0.3 is 0 Å². The van der Waals surface area contributed by atoms with Crippen molar-refractivity contribution < 1.29 is 14.3 Å². The van der Waals surface area contributed by atoms with Gasteiger partial charge in [0.1, 0.15) is 11.2 Å². The van der Waals surface area contributed by atoms with Crippen LogP contribution in [0.25, 0.3) is 0 Å². The first-order chi connectivity index (χ1) is 18.2. The highest BCUT2D eigenvalue weighted by Crippen LogP contribution is 2.40. The third-order valence-corrected chi connectivity index (χ3v) is 7.99. The van der Waals surface area contributed by atoms with Gasteiger partial charge in [-0.15, -0.1) is 36.2 Å². The number of hydrogen-bond acceptors (Lipinski definition) is 7. The third kappa shape index (κ3) is 7.51. The molecule has 0 unspecified atom stereocenters. The second-order valence-corrected chi connectivity index (χ2v) is 11.1. The van der Waals surface area contributed by atoms with Crippen molar-refractivity contribution >= 4 is 59.3 Å². The Labute approximate surface area is 253 Å². The molecule has 8 nitrogen and oxygen atoms in total. The second kappa shape index (κ2) is 14.8. The van der Waals surface area contributed by atoms with Crippen molar-refractivity contribution in [2.45, 2.75) is 47.1 Å². The second-order valence-electron chi connectivity index (χ2n) is 10.1. The minimum Gasteiger partial charge on any atom is -0.493 e. The van der Waals surface area contributed by atoms with Gasteiger partial charge in [-0.25, -0.2) is 4.98 Å². The Morgan fingerprint density at radius 1 is 1.07 bits per heavy atom. The normalized spacial score (nSPS) is 14.3. The smallest absolute Gasteiger partial charge is 0.242 e. The lowest BCUT2D eigenvalue weighted by atomic mass is 9.90. The number of carbonyl (C=O) groups is 2. The Balaban J connectivity index is 0.00000280. The molecule has 11 heteroatoms. The Morgan fingerprint density at radius 3 is 2.50 bits per heavy atom. The van der Waals surface area contributed by atoms with Gasteiger partial charge in [-0.1, -0.05) is 6.07 Å².